The summed E-state index contributed by atoms with van der Waals surface area (Å²) in [5.74, 6) is -0.889. The minimum Gasteiger partial charge on any atom is -0.481 e. The van der Waals surface area contributed by atoms with E-state index in [1.807, 2.05) is 6.92 Å². The number of carboxylic acids is 1. The van der Waals surface area contributed by atoms with Crippen LogP contribution in [0.2, 0.25) is 0 Å². The summed E-state index contributed by atoms with van der Waals surface area (Å²) in [6, 6.07) is 0.102. The largest absolute Gasteiger partial charge is 0.481 e. The second kappa shape index (κ2) is 7.36. The maximum Gasteiger partial charge on any atom is 0.317 e. The fourth-order valence-electron chi connectivity index (χ4n) is 2.54. The van der Waals surface area contributed by atoms with Gasteiger partial charge in [-0.3, -0.25) is 4.79 Å². The fraction of sp³-hybridized carbons (Fsp3) is 0.857. The van der Waals surface area contributed by atoms with Crippen molar-refractivity contribution in [1.82, 2.24) is 10.2 Å². The van der Waals surface area contributed by atoms with Crippen LogP contribution in [0.5, 0.6) is 0 Å². The zero-order valence-electron chi connectivity index (χ0n) is 12.2. The third-order valence-electron chi connectivity index (χ3n) is 4.01. The second-order valence-corrected chi connectivity index (χ2v) is 5.60. The summed E-state index contributed by atoms with van der Waals surface area (Å²) in [7, 11) is 0. The van der Waals surface area contributed by atoms with Gasteiger partial charge in [0, 0.05) is 19.1 Å². The van der Waals surface area contributed by atoms with Gasteiger partial charge in [-0.15, -0.1) is 0 Å². The quantitative estimate of drug-likeness (QED) is 0.805. The molecule has 1 rings (SSSR count). The molecule has 0 radical (unpaired) electrons. The Bertz CT molecular complexity index is 320. The summed E-state index contributed by atoms with van der Waals surface area (Å²) < 4.78 is 0. The van der Waals surface area contributed by atoms with Crippen molar-refractivity contribution in [2.24, 2.45) is 11.8 Å². The first kappa shape index (κ1) is 15.8. The molecule has 3 atom stereocenters. The lowest BCUT2D eigenvalue weighted by molar-refractivity contribution is -0.141. The van der Waals surface area contributed by atoms with Gasteiger partial charge in [0.2, 0.25) is 0 Å². The first-order valence-electron chi connectivity index (χ1n) is 7.24. The number of aliphatic carboxylic acids is 1. The van der Waals surface area contributed by atoms with Crippen molar-refractivity contribution < 1.29 is 14.7 Å². The van der Waals surface area contributed by atoms with Crippen LogP contribution < -0.4 is 5.32 Å². The van der Waals surface area contributed by atoms with E-state index in [-0.39, 0.29) is 18.6 Å². The number of urea groups is 1. The average molecular weight is 270 g/mol. The number of carbonyl (C=O) groups is 2. The summed E-state index contributed by atoms with van der Waals surface area (Å²) in [6.45, 7) is 6.46. The highest BCUT2D eigenvalue weighted by atomic mass is 16.4. The van der Waals surface area contributed by atoms with Crippen LogP contribution in [0.15, 0.2) is 0 Å². The first-order valence-corrected chi connectivity index (χ1v) is 7.24. The molecule has 1 aliphatic carbocycles. The van der Waals surface area contributed by atoms with E-state index in [0.717, 1.165) is 19.3 Å². The predicted octanol–water partition coefficient (Wildman–Crippen LogP) is 2.32. The Morgan fingerprint density at radius 1 is 1.37 bits per heavy atom. The van der Waals surface area contributed by atoms with Crippen LogP contribution in [0.4, 0.5) is 4.79 Å². The lowest BCUT2D eigenvalue weighted by Gasteiger charge is -2.32. The molecule has 19 heavy (non-hydrogen) atoms. The average Bonchev–Trinajstić information content (AvgIpc) is 2.38. The molecule has 0 saturated heterocycles. The normalized spacial score (nSPS) is 24.6. The fourth-order valence-corrected chi connectivity index (χ4v) is 2.54. The van der Waals surface area contributed by atoms with Crippen LogP contribution in [-0.4, -0.2) is 41.1 Å². The summed E-state index contributed by atoms with van der Waals surface area (Å²) in [5, 5.41) is 12.0. The molecule has 5 heteroatoms. The second-order valence-electron chi connectivity index (χ2n) is 5.60. The summed E-state index contributed by atoms with van der Waals surface area (Å²) in [4.78, 5) is 24.6. The van der Waals surface area contributed by atoms with Crippen LogP contribution in [0.3, 0.4) is 0 Å². The van der Waals surface area contributed by atoms with Crippen molar-refractivity contribution in [2.75, 3.05) is 13.1 Å². The van der Waals surface area contributed by atoms with Crippen molar-refractivity contribution in [3.05, 3.63) is 0 Å². The Kier molecular flexibility index (Phi) is 6.12. The lowest BCUT2D eigenvalue weighted by atomic mass is 9.86. The zero-order chi connectivity index (χ0) is 14.4. The molecule has 1 saturated carbocycles. The molecule has 0 aromatic carbocycles. The van der Waals surface area contributed by atoms with E-state index in [4.69, 9.17) is 5.11 Å². The summed E-state index contributed by atoms with van der Waals surface area (Å²) in [6.07, 6.45) is 4.58. The van der Waals surface area contributed by atoms with E-state index in [1.165, 1.54) is 6.42 Å². The number of nitrogens with zero attached hydrogens (tertiary/aromatic N) is 1. The maximum atomic E-state index is 12.2. The van der Waals surface area contributed by atoms with Crippen LogP contribution >= 0.6 is 0 Å². The van der Waals surface area contributed by atoms with Gasteiger partial charge >= 0.3 is 12.0 Å². The smallest absolute Gasteiger partial charge is 0.317 e. The standard InChI is InChI=1S/C14H26N2O3/c1-4-16(9-11(3)13(17)18)14(19)15-12-8-6-5-7-10(12)2/h10-12H,4-9H2,1-3H3,(H,15,19)(H,17,18). The first-order chi connectivity index (χ1) is 8.95. The number of hydrogen-bond acceptors (Lipinski definition) is 2. The van der Waals surface area contributed by atoms with Crippen molar-refractivity contribution in [3.8, 4) is 0 Å². The molecule has 1 aliphatic rings. The van der Waals surface area contributed by atoms with E-state index in [0.29, 0.717) is 12.5 Å². The topological polar surface area (TPSA) is 69.6 Å². The molecule has 0 aromatic heterocycles. The van der Waals surface area contributed by atoms with Crippen LogP contribution in [0, 0.1) is 11.8 Å². The van der Waals surface area contributed by atoms with E-state index < -0.39 is 11.9 Å². The van der Waals surface area contributed by atoms with Gasteiger partial charge in [-0.25, -0.2) is 4.79 Å². The van der Waals surface area contributed by atoms with Gasteiger partial charge in [0.15, 0.2) is 0 Å². The Morgan fingerprint density at radius 3 is 2.53 bits per heavy atom. The van der Waals surface area contributed by atoms with Crippen molar-refractivity contribution >= 4 is 12.0 Å². The molecule has 0 aliphatic heterocycles. The minimum absolute atomic E-state index is 0.130. The van der Waals surface area contributed by atoms with Crippen LogP contribution in [-0.2, 0) is 4.79 Å². The number of carboxylic acid groups (broad SMARTS) is 1. The molecule has 1 fully saturated rings. The molecule has 0 bridgehead atoms. The SMILES string of the molecule is CCN(CC(C)C(=O)O)C(=O)NC1CCCCC1C. The van der Waals surface area contributed by atoms with E-state index in [2.05, 4.69) is 12.2 Å². The van der Waals surface area contributed by atoms with Gasteiger partial charge in [0.1, 0.15) is 0 Å². The maximum absolute atomic E-state index is 12.2. The third-order valence-corrected chi connectivity index (χ3v) is 4.01. The summed E-state index contributed by atoms with van der Waals surface area (Å²) >= 11 is 0. The van der Waals surface area contributed by atoms with Gasteiger partial charge < -0.3 is 15.3 Å². The minimum atomic E-state index is -0.864. The molecule has 2 amide bonds. The Hall–Kier alpha value is -1.26. The Labute approximate surface area is 115 Å². The molecule has 3 unspecified atom stereocenters. The highest BCUT2D eigenvalue weighted by Crippen LogP contribution is 2.23. The van der Waals surface area contributed by atoms with Gasteiger partial charge in [-0.1, -0.05) is 26.7 Å². The predicted molar refractivity (Wildman–Crippen MR) is 74.0 cm³/mol. The third kappa shape index (κ3) is 4.73. The van der Waals surface area contributed by atoms with E-state index in [9.17, 15) is 9.59 Å². The van der Waals surface area contributed by atoms with Crippen LogP contribution in [0.1, 0.15) is 46.5 Å². The van der Waals surface area contributed by atoms with E-state index in [1.54, 1.807) is 11.8 Å². The molecular weight excluding hydrogens is 244 g/mol. The van der Waals surface area contributed by atoms with Gasteiger partial charge in [0.05, 0.1) is 5.92 Å². The van der Waals surface area contributed by atoms with Gasteiger partial charge in [-0.2, -0.15) is 0 Å². The molecular formula is C14H26N2O3. The Morgan fingerprint density at radius 2 is 2.00 bits per heavy atom. The van der Waals surface area contributed by atoms with Crippen molar-refractivity contribution in [1.29, 1.82) is 0 Å². The van der Waals surface area contributed by atoms with Gasteiger partial charge in [0.25, 0.3) is 0 Å². The van der Waals surface area contributed by atoms with Crippen molar-refractivity contribution in [3.63, 3.8) is 0 Å². The molecule has 2 N–H and O–H groups in total. The highest BCUT2D eigenvalue weighted by molar-refractivity contribution is 5.76. The molecule has 5 nitrogen and oxygen atoms in total. The number of hydrogen-bond donors (Lipinski definition) is 2. The van der Waals surface area contributed by atoms with E-state index >= 15 is 0 Å². The van der Waals surface area contributed by atoms with Crippen molar-refractivity contribution in [2.45, 2.75) is 52.5 Å². The molecule has 110 valence electrons. The number of rotatable bonds is 5. The van der Waals surface area contributed by atoms with Crippen LogP contribution in [0.25, 0.3) is 0 Å². The number of nitrogens with one attached hydrogen (secondary N) is 1. The monoisotopic (exact) mass is 270 g/mol. The number of carbonyl (C=O) groups excluding carboxylic acids is 1. The Balaban J connectivity index is 2.51. The molecule has 0 aromatic rings. The number of amides is 2. The molecule has 0 heterocycles. The molecule has 0 spiro atoms. The highest BCUT2D eigenvalue weighted by Gasteiger charge is 2.25. The van der Waals surface area contributed by atoms with Gasteiger partial charge in [-0.05, 0) is 25.7 Å². The zero-order valence-corrected chi connectivity index (χ0v) is 12.2. The lowest BCUT2D eigenvalue weighted by Crippen LogP contribution is -2.49. The summed E-state index contributed by atoms with van der Waals surface area (Å²) in [5.41, 5.74) is 0.